The predicted octanol–water partition coefficient (Wildman–Crippen LogP) is 3.19. The first-order valence-electron chi connectivity index (χ1n) is 5.44. The molecular weight excluding hydrogens is 219 g/mol. The van der Waals surface area contributed by atoms with Crippen LogP contribution in [0.2, 0.25) is 0 Å². The molecule has 0 atom stereocenters. The Morgan fingerprint density at radius 3 is 2.41 bits per heavy atom. The van der Waals surface area contributed by atoms with Crippen molar-refractivity contribution >= 4 is 0 Å². The van der Waals surface area contributed by atoms with Gasteiger partial charge >= 0.3 is 0 Å². The summed E-state index contributed by atoms with van der Waals surface area (Å²) in [5, 5.41) is 4.17. The Kier molecular flexibility index (Phi) is 2.88. The summed E-state index contributed by atoms with van der Waals surface area (Å²) in [4.78, 5) is 0. The van der Waals surface area contributed by atoms with E-state index in [4.69, 9.17) is 4.74 Å². The van der Waals surface area contributed by atoms with Gasteiger partial charge in [-0.1, -0.05) is 0 Å². The molecule has 0 aliphatic rings. The van der Waals surface area contributed by atoms with Crippen LogP contribution in [0.4, 0.5) is 4.39 Å². The smallest absolute Gasteiger partial charge is 0.158 e. The number of rotatable bonds is 2. The third kappa shape index (κ3) is 3.06. The summed E-state index contributed by atoms with van der Waals surface area (Å²) in [6, 6.07) is 6.15. The van der Waals surface area contributed by atoms with Crippen LogP contribution in [0, 0.1) is 5.82 Å². The number of ether oxygens (including phenoxy) is 1. The molecular formula is C13H15FN2O. The van der Waals surface area contributed by atoms with E-state index in [9.17, 15) is 4.39 Å². The summed E-state index contributed by atoms with van der Waals surface area (Å²) < 4.78 is 20.1. The molecule has 0 N–H and O–H groups in total. The quantitative estimate of drug-likeness (QED) is 0.798. The minimum Gasteiger partial charge on any atom is -0.485 e. The van der Waals surface area contributed by atoms with Crippen LogP contribution >= 0.6 is 0 Å². The predicted molar refractivity (Wildman–Crippen MR) is 63.9 cm³/mol. The maximum absolute atomic E-state index is 12.8. The van der Waals surface area contributed by atoms with Gasteiger partial charge in [-0.15, -0.1) is 0 Å². The summed E-state index contributed by atoms with van der Waals surface area (Å²) in [6.07, 6.45) is 3.42. The molecule has 1 heterocycles. The Morgan fingerprint density at radius 1 is 1.18 bits per heavy atom. The third-order valence-corrected chi connectivity index (χ3v) is 2.07. The zero-order valence-electron chi connectivity index (χ0n) is 10.1. The maximum atomic E-state index is 12.8. The molecule has 3 nitrogen and oxygen atoms in total. The number of nitrogens with zero attached hydrogens (tertiary/aromatic N) is 2. The van der Waals surface area contributed by atoms with E-state index in [1.807, 2.05) is 20.8 Å². The summed E-state index contributed by atoms with van der Waals surface area (Å²) in [5.74, 6) is 0.439. The van der Waals surface area contributed by atoms with E-state index in [0.29, 0.717) is 5.75 Å². The Morgan fingerprint density at radius 2 is 1.82 bits per heavy atom. The lowest BCUT2D eigenvalue weighted by molar-refractivity contribution is 0.131. The van der Waals surface area contributed by atoms with E-state index >= 15 is 0 Å². The molecule has 0 aliphatic heterocycles. The van der Waals surface area contributed by atoms with Gasteiger partial charge in [0.1, 0.15) is 11.4 Å². The molecule has 0 spiro atoms. The average molecular weight is 234 g/mol. The zero-order valence-corrected chi connectivity index (χ0v) is 10.1. The lowest BCUT2D eigenvalue weighted by atomic mass is 10.2. The lowest BCUT2D eigenvalue weighted by Crippen LogP contribution is -2.22. The van der Waals surface area contributed by atoms with E-state index in [1.54, 1.807) is 29.2 Å². The first kappa shape index (κ1) is 11.6. The first-order chi connectivity index (χ1) is 7.94. The number of hydrogen-bond donors (Lipinski definition) is 0. The largest absolute Gasteiger partial charge is 0.485 e. The molecule has 0 unspecified atom stereocenters. The van der Waals surface area contributed by atoms with Gasteiger partial charge in [-0.3, -0.25) is 0 Å². The van der Waals surface area contributed by atoms with Crippen LogP contribution in [-0.4, -0.2) is 15.4 Å². The molecule has 0 radical (unpaired) electrons. The van der Waals surface area contributed by atoms with E-state index in [0.717, 1.165) is 5.69 Å². The molecule has 0 aliphatic carbocycles. The lowest BCUT2D eigenvalue weighted by Gasteiger charge is -2.19. The maximum Gasteiger partial charge on any atom is 0.158 e. The van der Waals surface area contributed by atoms with Gasteiger partial charge in [0.2, 0.25) is 0 Å². The van der Waals surface area contributed by atoms with Crippen LogP contribution in [0.5, 0.6) is 5.75 Å². The van der Waals surface area contributed by atoms with Crippen molar-refractivity contribution in [1.29, 1.82) is 0 Å². The number of benzene rings is 1. The van der Waals surface area contributed by atoms with Crippen molar-refractivity contribution in [3.05, 3.63) is 42.5 Å². The van der Waals surface area contributed by atoms with Crippen molar-refractivity contribution in [1.82, 2.24) is 9.78 Å². The molecule has 0 bridgehead atoms. The second-order valence-corrected chi connectivity index (χ2v) is 4.81. The average Bonchev–Trinajstić information content (AvgIpc) is 2.64. The standard InChI is InChI=1S/C13H15FN2O/c1-13(2,3)17-12-8-15-16(9-12)11-6-4-10(14)5-7-11/h4-9H,1-3H3. The Bertz CT molecular complexity index is 497. The van der Waals surface area contributed by atoms with E-state index in [1.165, 1.54) is 12.1 Å². The highest BCUT2D eigenvalue weighted by molar-refractivity contribution is 5.32. The molecule has 0 saturated carbocycles. The zero-order chi connectivity index (χ0) is 12.5. The normalized spacial score (nSPS) is 11.5. The Hall–Kier alpha value is -1.84. The number of aromatic nitrogens is 2. The van der Waals surface area contributed by atoms with Crippen LogP contribution in [0.15, 0.2) is 36.7 Å². The summed E-state index contributed by atoms with van der Waals surface area (Å²) in [7, 11) is 0. The van der Waals surface area contributed by atoms with Crippen molar-refractivity contribution in [2.24, 2.45) is 0 Å². The molecule has 4 heteroatoms. The fourth-order valence-corrected chi connectivity index (χ4v) is 1.45. The van der Waals surface area contributed by atoms with Crippen molar-refractivity contribution in [3.63, 3.8) is 0 Å². The molecule has 0 amide bonds. The topological polar surface area (TPSA) is 27.1 Å². The summed E-state index contributed by atoms with van der Waals surface area (Å²) in [6.45, 7) is 5.92. The van der Waals surface area contributed by atoms with E-state index in [2.05, 4.69) is 5.10 Å². The van der Waals surface area contributed by atoms with Gasteiger partial charge in [0.25, 0.3) is 0 Å². The third-order valence-electron chi connectivity index (χ3n) is 2.07. The number of hydrogen-bond acceptors (Lipinski definition) is 2. The molecule has 0 saturated heterocycles. The highest BCUT2D eigenvalue weighted by Crippen LogP contribution is 2.18. The van der Waals surface area contributed by atoms with Gasteiger partial charge in [-0.2, -0.15) is 5.10 Å². The van der Waals surface area contributed by atoms with Gasteiger partial charge in [-0.25, -0.2) is 9.07 Å². The minimum atomic E-state index is -0.257. The van der Waals surface area contributed by atoms with Gasteiger partial charge in [0.05, 0.1) is 18.1 Å². The molecule has 0 fully saturated rings. The van der Waals surface area contributed by atoms with Crippen LogP contribution in [-0.2, 0) is 0 Å². The van der Waals surface area contributed by atoms with Gasteiger partial charge in [0, 0.05) is 0 Å². The van der Waals surface area contributed by atoms with Crippen molar-refractivity contribution < 1.29 is 9.13 Å². The second-order valence-electron chi connectivity index (χ2n) is 4.81. The van der Waals surface area contributed by atoms with Crippen LogP contribution < -0.4 is 4.74 Å². The fourth-order valence-electron chi connectivity index (χ4n) is 1.45. The van der Waals surface area contributed by atoms with Crippen molar-refractivity contribution in [2.75, 3.05) is 0 Å². The molecule has 17 heavy (non-hydrogen) atoms. The minimum absolute atomic E-state index is 0.253. The highest BCUT2D eigenvalue weighted by Gasteiger charge is 2.13. The van der Waals surface area contributed by atoms with Crippen LogP contribution in [0.25, 0.3) is 5.69 Å². The monoisotopic (exact) mass is 234 g/mol. The molecule has 1 aromatic carbocycles. The Balaban J connectivity index is 2.21. The molecule has 1 aromatic heterocycles. The van der Waals surface area contributed by atoms with Gasteiger partial charge in [0.15, 0.2) is 5.75 Å². The van der Waals surface area contributed by atoms with Gasteiger partial charge < -0.3 is 4.74 Å². The van der Waals surface area contributed by atoms with Crippen LogP contribution in [0.1, 0.15) is 20.8 Å². The van der Waals surface area contributed by atoms with Crippen molar-refractivity contribution in [3.8, 4) is 11.4 Å². The van der Waals surface area contributed by atoms with Gasteiger partial charge in [-0.05, 0) is 45.0 Å². The number of halogens is 1. The van der Waals surface area contributed by atoms with Crippen LogP contribution in [0.3, 0.4) is 0 Å². The first-order valence-corrected chi connectivity index (χ1v) is 5.44. The molecule has 2 aromatic rings. The van der Waals surface area contributed by atoms with E-state index < -0.39 is 0 Å². The SMILES string of the molecule is CC(C)(C)Oc1cnn(-c2ccc(F)cc2)c1. The Labute approximate surface area is 99.8 Å². The summed E-state index contributed by atoms with van der Waals surface area (Å²) >= 11 is 0. The fraction of sp³-hybridized carbons (Fsp3) is 0.308. The second kappa shape index (κ2) is 4.20. The highest BCUT2D eigenvalue weighted by atomic mass is 19.1. The van der Waals surface area contributed by atoms with E-state index in [-0.39, 0.29) is 11.4 Å². The molecule has 90 valence electrons. The van der Waals surface area contributed by atoms with Crippen molar-refractivity contribution in [2.45, 2.75) is 26.4 Å². The summed E-state index contributed by atoms with van der Waals surface area (Å²) in [5.41, 5.74) is 0.548. The molecule has 2 rings (SSSR count).